The van der Waals surface area contributed by atoms with Crippen molar-refractivity contribution in [3.8, 4) is 0 Å². The zero-order valence-corrected chi connectivity index (χ0v) is 49.7. The number of ether oxygens (including phenoxy) is 3. The van der Waals surface area contributed by atoms with Gasteiger partial charge in [-0.05, 0) is 128 Å². The molecule has 2 N–H and O–H groups in total. The molecule has 0 aromatic carbocycles. The van der Waals surface area contributed by atoms with Crippen LogP contribution in [0.2, 0.25) is 0 Å². The van der Waals surface area contributed by atoms with Crippen LogP contribution in [0.1, 0.15) is 226 Å². The summed E-state index contributed by atoms with van der Waals surface area (Å²) in [7, 11) is -4.78. The molecule has 11 nitrogen and oxygen atoms in total. The molecule has 0 amide bonds. The third-order valence-corrected chi connectivity index (χ3v) is 13.0. The van der Waals surface area contributed by atoms with Crippen molar-refractivity contribution in [3.63, 3.8) is 0 Å². The predicted molar refractivity (Wildman–Crippen MR) is 325 cm³/mol. The maximum atomic E-state index is 12.9. The van der Waals surface area contributed by atoms with Gasteiger partial charge in [-0.2, -0.15) is 0 Å². The molecule has 3 atom stereocenters. The summed E-state index contributed by atoms with van der Waals surface area (Å²) in [4.78, 5) is 48.6. The number of hydrogen-bond donors (Lipinski definition) is 2. The van der Waals surface area contributed by atoms with Crippen LogP contribution in [0.4, 0.5) is 0 Å². The van der Waals surface area contributed by atoms with Crippen molar-refractivity contribution in [3.05, 3.63) is 134 Å². The quantitative estimate of drug-likeness (QED) is 0.0197. The van der Waals surface area contributed by atoms with Gasteiger partial charge in [0.05, 0.1) is 19.8 Å². The average Bonchev–Trinajstić information content (AvgIpc) is 3.43. The van der Waals surface area contributed by atoms with Gasteiger partial charge in [-0.1, -0.05) is 212 Å². The van der Waals surface area contributed by atoms with E-state index in [1.807, 2.05) is 12.2 Å². The Morgan fingerprint density at radius 3 is 1.08 bits per heavy atom. The van der Waals surface area contributed by atoms with Crippen molar-refractivity contribution >= 4 is 25.7 Å². The highest BCUT2D eigenvalue weighted by atomic mass is 31.2. The summed E-state index contributed by atoms with van der Waals surface area (Å²) in [5, 5.41) is 9.83. The Morgan fingerprint density at radius 1 is 0.372 bits per heavy atom. The highest BCUT2D eigenvalue weighted by Crippen LogP contribution is 2.43. The molecule has 0 radical (unpaired) electrons. The molecule has 442 valence electrons. The fourth-order valence-corrected chi connectivity index (χ4v) is 8.31. The summed E-state index contributed by atoms with van der Waals surface area (Å²) >= 11 is 0. The smallest absolute Gasteiger partial charge is 0.462 e. The first-order valence-corrected chi connectivity index (χ1v) is 31.6. The van der Waals surface area contributed by atoms with Crippen molar-refractivity contribution < 1.29 is 52.2 Å². The molecular formula is C66H107O11P. The van der Waals surface area contributed by atoms with Crippen LogP contribution in [0, 0.1) is 0 Å². The highest BCUT2D eigenvalue weighted by Gasteiger charge is 2.28. The Balaban J connectivity index is 4.85. The van der Waals surface area contributed by atoms with Gasteiger partial charge in [0.25, 0.3) is 0 Å². The summed E-state index contributed by atoms with van der Waals surface area (Å²) in [6.45, 7) is 4.28. The Kier molecular flexibility index (Phi) is 55.5. The third-order valence-electron chi connectivity index (χ3n) is 12.0. The minimum Gasteiger partial charge on any atom is -0.462 e. The number of aliphatic hydroxyl groups is 1. The maximum absolute atomic E-state index is 12.9. The first-order chi connectivity index (χ1) is 38.2. The number of hydrogen-bond acceptors (Lipinski definition) is 10. The van der Waals surface area contributed by atoms with E-state index in [1.165, 1.54) is 38.5 Å². The fourth-order valence-electron chi connectivity index (χ4n) is 7.53. The van der Waals surface area contributed by atoms with Gasteiger partial charge in [0.1, 0.15) is 12.7 Å². The van der Waals surface area contributed by atoms with E-state index in [9.17, 15) is 28.9 Å². The zero-order chi connectivity index (χ0) is 56.9. The number of carbonyl (C=O) groups excluding carboxylic acids is 3. The van der Waals surface area contributed by atoms with Gasteiger partial charge in [-0.25, -0.2) is 4.57 Å². The van der Waals surface area contributed by atoms with Gasteiger partial charge in [-0.15, -0.1) is 0 Å². The summed E-state index contributed by atoms with van der Waals surface area (Å²) in [5.74, 6) is -1.58. The Morgan fingerprint density at radius 2 is 0.679 bits per heavy atom. The minimum absolute atomic E-state index is 0.0785. The molecule has 0 heterocycles. The fraction of sp³-hybridized carbons (Fsp3) is 0.621. The molecular weight excluding hydrogens is 1000 g/mol. The molecule has 12 heteroatoms. The van der Waals surface area contributed by atoms with Crippen molar-refractivity contribution in [1.29, 1.82) is 0 Å². The Hall–Kier alpha value is -4.38. The molecule has 0 saturated carbocycles. The van der Waals surface area contributed by atoms with Gasteiger partial charge < -0.3 is 24.2 Å². The Bertz CT molecular complexity index is 1820. The topological polar surface area (TPSA) is 155 Å². The molecule has 0 aromatic heterocycles. The van der Waals surface area contributed by atoms with Crippen LogP contribution in [-0.2, 0) is 42.2 Å². The predicted octanol–water partition coefficient (Wildman–Crippen LogP) is 18.1. The van der Waals surface area contributed by atoms with Crippen molar-refractivity contribution in [2.24, 2.45) is 0 Å². The number of unbranched alkanes of at least 4 members (excludes halogenated alkanes) is 15. The van der Waals surface area contributed by atoms with E-state index in [0.29, 0.717) is 25.7 Å². The lowest BCUT2D eigenvalue weighted by molar-refractivity contribution is -0.161. The first kappa shape index (κ1) is 73.6. The van der Waals surface area contributed by atoms with E-state index < -0.39 is 57.8 Å². The second-order valence-electron chi connectivity index (χ2n) is 19.4. The number of esters is 3. The lowest BCUT2D eigenvalue weighted by atomic mass is 10.1. The summed E-state index contributed by atoms with van der Waals surface area (Å²) in [6.07, 6.45) is 74.1. The van der Waals surface area contributed by atoms with Gasteiger partial charge in [0.2, 0.25) is 0 Å². The van der Waals surface area contributed by atoms with Crippen molar-refractivity contribution in [2.45, 2.75) is 238 Å². The van der Waals surface area contributed by atoms with E-state index in [0.717, 1.165) is 122 Å². The van der Waals surface area contributed by atoms with Crippen LogP contribution in [0.15, 0.2) is 134 Å². The van der Waals surface area contributed by atoms with Crippen LogP contribution in [0.3, 0.4) is 0 Å². The SMILES string of the molecule is CC/C=C\C/C=C\C/C=C\C/C=C\C/C=C\CCCC(=O)OC(COC(=O)CCCCCCCCC/C=C\C/C=C\CCCCC)COP(=O)(O)OCC(CO)OC(=O)CCCCCC/C=C\C/C=C\C/C=C\C/C=C\CC. The molecule has 0 aliphatic carbocycles. The number of allylic oxidation sites excluding steroid dienone is 22. The van der Waals surface area contributed by atoms with E-state index in [1.54, 1.807) is 0 Å². The summed E-state index contributed by atoms with van der Waals surface area (Å²) in [5.41, 5.74) is 0. The van der Waals surface area contributed by atoms with Crippen LogP contribution in [0.25, 0.3) is 0 Å². The average molecular weight is 1110 g/mol. The van der Waals surface area contributed by atoms with Crippen LogP contribution < -0.4 is 0 Å². The maximum Gasteiger partial charge on any atom is 0.472 e. The molecule has 0 aliphatic heterocycles. The van der Waals surface area contributed by atoms with Gasteiger partial charge in [0, 0.05) is 19.3 Å². The lowest BCUT2D eigenvalue weighted by Gasteiger charge is -2.21. The molecule has 0 saturated heterocycles. The van der Waals surface area contributed by atoms with Crippen molar-refractivity contribution in [1.82, 2.24) is 0 Å². The molecule has 78 heavy (non-hydrogen) atoms. The molecule has 0 aromatic rings. The summed E-state index contributed by atoms with van der Waals surface area (Å²) in [6, 6.07) is 0. The molecule has 3 unspecified atom stereocenters. The number of phosphoric ester groups is 1. The summed E-state index contributed by atoms with van der Waals surface area (Å²) < 4.78 is 39.5. The monoisotopic (exact) mass is 1110 g/mol. The van der Waals surface area contributed by atoms with Crippen molar-refractivity contribution in [2.75, 3.05) is 26.4 Å². The van der Waals surface area contributed by atoms with Crippen LogP contribution in [0.5, 0.6) is 0 Å². The van der Waals surface area contributed by atoms with E-state index >= 15 is 0 Å². The third kappa shape index (κ3) is 56.3. The van der Waals surface area contributed by atoms with E-state index in [2.05, 4.69) is 142 Å². The molecule has 0 rings (SSSR count). The van der Waals surface area contributed by atoms with Crippen LogP contribution >= 0.6 is 7.82 Å². The standard InChI is InChI=1S/C66H107O11P/c1-4-7-10-13-16-19-22-25-28-31-34-37-40-43-46-49-52-55-64(68)73-59-63(77-66(70)57-54-51-48-45-42-39-36-33-30-27-24-21-18-15-12-9-6-3)61-75-78(71,72)74-60-62(58-67)76-65(69)56-53-50-47-44-41-38-35-32-29-26-23-20-17-14-11-8-5-2/h8-9,11-12,16-21,25-30,35-36,38-39,45,48,62-63,67H,4-7,10,13-15,22-24,31-34,37,40-44,46-47,49-61H2,1-3H3,(H,71,72)/b11-8-,12-9-,19-16-,20-17-,21-18-,28-25-,29-26-,30-27-,38-35-,39-36-,48-45-. The number of phosphoric acid groups is 1. The lowest BCUT2D eigenvalue weighted by Crippen LogP contribution is -2.30. The van der Waals surface area contributed by atoms with Gasteiger partial charge in [0.15, 0.2) is 6.10 Å². The number of aliphatic hydroxyl groups excluding tert-OH is 1. The molecule has 0 bridgehead atoms. The number of carbonyl (C=O) groups is 3. The van der Waals surface area contributed by atoms with Gasteiger partial charge >= 0.3 is 25.7 Å². The van der Waals surface area contributed by atoms with E-state index in [4.69, 9.17) is 23.3 Å². The second-order valence-corrected chi connectivity index (χ2v) is 20.8. The minimum atomic E-state index is -4.78. The highest BCUT2D eigenvalue weighted by molar-refractivity contribution is 7.47. The Labute approximate surface area is 474 Å². The first-order valence-electron chi connectivity index (χ1n) is 30.1. The largest absolute Gasteiger partial charge is 0.472 e. The second kappa shape index (κ2) is 58.8. The van der Waals surface area contributed by atoms with Crippen LogP contribution in [-0.4, -0.2) is 66.5 Å². The molecule has 0 fully saturated rings. The van der Waals surface area contributed by atoms with E-state index in [-0.39, 0.29) is 25.9 Å². The van der Waals surface area contributed by atoms with Gasteiger partial charge in [-0.3, -0.25) is 23.4 Å². The molecule has 0 spiro atoms. The number of rotatable bonds is 54. The molecule has 0 aliphatic rings. The normalized spacial score (nSPS) is 14.3. The zero-order valence-electron chi connectivity index (χ0n) is 48.8.